The van der Waals surface area contributed by atoms with Crippen molar-refractivity contribution in [3.05, 3.63) is 32.3 Å². The third-order valence-corrected chi connectivity index (χ3v) is 1.53. The van der Waals surface area contributed by atoms with Crippen molar-refractivity contribution in [1.29, 1.82) is 0 Å². The first-order valence-corrected chi connectivity index (χ1v) is 3.15. The van der Waals surface area contributed by atoms with Gasteiger partial charge < -0.3 is 0 Å². The summed E-state index contributed by atoms with van der Waals surface area (Å²) in [5, 5.41) is 0. The van der Waals surface area contributed by atoms with Gasteiger partial charge in [-0.2, -0.15) is 0 Å². The molecule has 0 saturated carbocycles. The fourth-order valence-corrected chi connectivity index (χ4v) is 1.02. The molecule has 0 aromatic carbocycles. The second kappa shape index (κ2) is 2.04. The lowest BCUT2D eigenvalue weighted by atomic mass is 10.3. The zero-order chi connectivity index (χ0) is 8.72. The van der Waals surface area contributed by atoms with Crippen LogP contribution in [-0.4, -0.2) is 16.3 Å². The lowest BCUT2D eigenvalue weighted by Crippen LogP contribution is -2.06. The molecule has 12 heavy (non-hydrogen) atoms. The van der Waals surface area contributed by atoms with Crippen LogP contribution in [0.1, 0.15) is 10.5 Å². The highest BCUT2D eigenvalue weighted by molar-refractivity contribution is 5.77. The van der Waals surface area contributed by atoms with Crippen LogP contribution in [0.4, 0.5) is 0 Å². The van der Waals surface area contributed by atoms with Crippen molar-refractivity contribution in [2.75, 3.05) is 0 Å². The van der Waals surface area contributed by atoms with Crippen LogP contribution in [0.2, 0.25) is 0 Å². The Morgan fingerprint density at radius 1 is 1.25 bits per heavy atom. The quantitative estimate of drug-likeness (QED) is 0.502. The Morgan fingerprint density at radius 2 is 2.00 bits per heavy atom. The second-order valence-electron chi connectivity index (χ2n) is 2.27. The summed E-state index contributed by atoms with van der Waals surface area (Å²) < 4.78 is 0. The monoisotopic (exact) mass is 162 g/mol. The van der Waals surface area contributed by atoms with Crippen molar-refractivity contribution in [3.63, 3.8) is 0 Å². The zero-order valence-electron chi connectivity index (χ0n) is 5.77. The summed E-state index contributed by atoms with van der Waals surface area (Å²) in [4.78, 5) is 38.9. The Hall–Kier alpha value is -1.91. The summed E-state index contributed by atoms with van der Waals surface area (Å²) in [7, 11) is 0. The molecule has 2 aliphatic rings. The maximum absolute atomic E-state index is 11.1. The van der Waals surface area contributed by atoms with Gasteiger partial charge in [0.2, 0.25) is 5.43 Å². The number of hydrogen-bond acceptors (Lipinski definition) is 5. The standard InChI is InChI=1S/C7H2N2O3/c10-2-4-7(12)6-3(8-4)1-5(11)9-6/h1-2H. The van der Waals surface area contributed by atoms with Crippen LogP contribution < -0.4 is 11.0 Å². The van der Waals surface area contributed by atoms with Crippen molar-refractivity contribution < 1.29 is 4.79 Å². The lowest BCUT2D eigenvalue weighted by molar-refractivity contribution is 0.111. The number of hydrogen-bond donors (Lipinski definition) is 0. The Balaban J connectivity index is 2.91. The molecule has 0 atom stereocenters. The minimum absolute atomic E-state index is 0.0119. The van der Waals surface area contributed by atoms with Gasteiger partial charge in [-0.3, -0.25) is 14.4 Å². The van der Waals surface area contributed by atoms with Crippen molar-refractivity contribution >= 4 is 6.29 Å². The van der Waals surface area contributed by atoms with E-state index in [-0.39, 0.29) is 17.1 Å². The van der Waals surface area contributed by atoms with E-state index in [1.807, 2.05) is 0 Å². The van der Waals surface area contributed by atoms with Gasteiger partial charge in [-0.1, -0.05) is 0 Å². The minimum Gasteiger partial charge on any atom is -0.296 e. The lowest BCUT2D eigenvalue weighted by Gasteiger charge is -1.72. The molecule has 0 unspecified atom stereocenters. The SMILES string of the molecule is O=Cc1nc2cc(=O)nc-2c1=O. The first-order valence-electron chi connectivity index (χ1n) is 3.15. The molecule has 0 aromatic rings. The van der Waals surface area contributed by atoms with Gasteiger partial charge in [0.1, 0.15) is 5.69 Å². The molecule has 0 saturated heterocycles. The summed E-state index contributed by atoms with van der Waals surface area (Å²) in [6, 6.07) is 1.13. The maximum Gasteiger partial charge on any atom is 0.272 e. The Morgan fingerprint density at radius 3 is 2.58 bits per heavy atom. The van der Waals surface area contributed by atoms with Gasteiger partial charge in [0.25, 0.3) is 5.56 Å². The highest BCUT2D eigenvalue weighted by atomic mass is 16.1. The fourth-order valence-electron chi connectivity index (χ4n) is 1.02. The number of aldehydes is 1. The van der Waals surface area contributed by atoms with Crippen LogP contribution in [-0.2, 0) is 0 Å². The largest absolute Gasteiger partial charge is 0.296 e. The molecule has 0 amide bonds. The molecule has 0 radical (unpaired) electrons. The van der Waals surface area contributed by atoms with E-state index >= 15 is 0 Å². The topological polar surface area (TPSA) is 77.0 Å². The maximum atomic E-state index is 11.1. The molecular formula is C7H2N2O3. The van der Waals surface area contributed by atoms with Crippen molar-refractivity contribution in [3.8, 4) is 11.4 Å². The van der Waals surface area contributed by atoms with Gasteiger partial charge in [0, 0.05) is 6.07 Å². The average Bonchev–Trinajstić information content (AvgIpc) is 2.51. The normalized spacial score (nSPS) is 10.7. The molecule has 58 valence electrons. The van der Waals surface area contributed by atoms with Gasteiger partial charge in [0.05, 0.1) is 5.69 Å². The summed E-state index contributed by atoms with van der Waals surface area (Å²) in [5.41, 5.74) is -1.06. The molecule has 5 heteroatoms. The fraction of sp³-hybridized carbons (Fsp3) is 0. The van der Waals surface area contributed by atoms with Crippen LogP contribution in [0.5, 0.6) is 0 Å². The number of rotatable bonds is 1. The molecule has 2 rings (SSSR count). The molecule has 0 bridgehead atoms. The van der Waals surface area contributed by atoms with Crippen molar-refractivity contribution in [1.82, 2.24) is 9.97 Å². The second-order valence-corrected chi connectivity index (χ2v) is 2.27. The smallest absolute Gasteiger partial charge is 0.272 e. The number of fused-ring (bicyclic) bond motifs is 1. The van der Waals surface area contributed by atoms with Crippen LogP contribution in [0, 0.1) is 0 Å². The minimum atomic E-state index is -0.568. The van der Waals surface area contributed by atoms with Crippen LogP contribution in [0.15, 0.2) is 15.7 Å². The van der Waals surface area contributed by atoms with E-state index in [1.165, 1.54) is 0 Å². The number of carbonyl (C=O) groups is 1. The van der Waals surface area contributed by atoms with E-state index in [1.54, 1.807) is 0 Å². The molecule has 2 aliphatic heterocycles. The molecular weight excluding hydrogens is 160 g/mol. The summed E-state index contributed by atoms with van der Waals surface area (Å²) in [6.07, 6.45) is 0.356. The van der Waals surface area contributed by atoms with E-state index in [9.17, 15) is 14.4 Å². The number of carbonyl (C=O) groups excluding carboxylic acids is 1. The van der Waals surface area contributed by atoms with Crippen LogP contribution in [0.3, 0.4) is 0 Å². The summed E-state index contributed by atoms with van der Waals surface area (Å²) in [6.45, 7) is 0. The molecule has 0 N–H and O–H groups in total. The van der Waals surface area contributed by atoms with Gasteiger partial charge in [-0.15, -0.1) is 0 Å². The van der Waals surface area contributed by atoms with E-state index < -0.39 is 11.0 Å². The van der Waals surface area contributed by atoms with Crippen LogP contribution in [0.25, 0.3) is 11.4 Å². The Kier molecular flexibility index (Phi) is 1.15. The predicted octanol–water partition coefficient (Wildman–Crippen LogP) is -1.01. The summed E-state index contributed by atoms with van der Waals surface area (Å²) >= 11 is 0. The van der Waals surface area contributed by atoms with E-state index in [2.05, 4.69) is 9.97 Å². The Labute approximate surface area is 65.7 Å². The van der Waals surface area contributed by atoms with Gasteiger partial charge >= 0.3 is 0 Å². The van der Waals surface area contributed by atoms with E-state index in [4.69, 9.17) is 0 Å². The van der Waals surface area contributed by atoms with Gasteiger partial charge in [0.15, 0.2) is 12.0 Å². The highest BCUT2D eigenvalue weighted by Crippen LogP contribution is 2.09. The Bertz CT molecular complexity index is 496. The third-order valence-electron chi connectivity index (χ3n) is 1.53. The molecule has 2 heterocycles. The first kappa shape index (κ1) is 6.78. The van der Waals surface area contributed by atoms with Crippen molar-refractivity contribution in [2.45, 2.75) is 0 Å². The number of nitrogens with zero attached hydrogens (tertiary/aromatic N) is 2. The first-order chi connectivity index (χ1) is 5.72. The zero-order valence-corrected chi connectivity index (χ0v) is 5.77. The summed E-state index contributed by atoms with van der Waals surface area (Å²) in [5.74, 6) is 0. The average molecular weight is 162 g/mol. The van der Waals surface area contributed by atoms with Crippen LogP contribution >= 0.6 is 0 Å². The highest BCUT2D eigenvalue weighted by Gasteiger charge is 2.18. The molecule has 0 aliphatic carbocycles. The van der Waals surface area contributed by atoms with Crippen molar-refractivity contribution in [2.24, 2.45) is 0 Å². The third kappa shape index (κ3) is 0.701. The van der Waals surface area contributed by atoms with E-state index in [0.717, 1.165) is 6.07 Å². The molecule has 0 spiro atoms. The van der Waals surface area contributed by atoms with Gasteiger partial charge in [-0.05, 0) is 0 Å². The predicted molar refractivity (Wildman–Crippen MR) is 39.0 cm³/mol. The van der Waals surface area contributed by atoms with E-state index in [0.29, 0.717) is 6.29 Å². The molecule has 5 nitrogen and oxygen atoms in total. The van der Waals surface area contributed by atoms with Gasteiger partial charge in [-0.25, -0.2) is 9.97 Å². The molecule has 0 aromatic heterocycles. The molecule has 0 fully saturated rings. The number of aromatic nitrogens is 2.